The van der Waals surface area contributed by atoms with Crippen molar-refractivity contribution in [3.05, 3.63) is 18.2 Å². The van der Waals surface area contributed by atoms with Crippen LogP contribution in [0.15, 0.2) is 22.6 Å². The Morgan fingerprint density at radius 3 is 2.73 bits per heavy atom. The first-order chi connectivity index (χ1) is 15.9. The molecule has 3 heterocycles. The van der Waals surface area contributed by atoms with Crippen molar-refractivity contribution in [3.63, 3.8) is 0 Å². The number of oxazole rings is 1. The highest BCUT2D eigenvalue weighted by Gasteiger charge is 2.27. The van der Waals surface area contributed by atoms with E-state index in [1.54, 1.807) is 4.90 Å². The van der Waals surface area contributed by atoms with Crippen molar-refractivity contribution in [1.29, 1.82) is 0 Å². The molecule has 2 aromatic rings. The highest BCUT2D eigenvalue weighted by atomic mass is 16.7. The molecule has 9 heteroatoms. The van der Waals surface area contributed by atoms with Crippen molar-refractivity contribution >= 4 is 23.2 Å². The molecule has 1 atom stereocenters. The largest absolute Gasteiger partial charge is 0.491 e. The molecule has 1 aromatic carbocycles. The minimum absolute atomic E-state index is 0.106. The second-order valence-corrected chi connectivity index (χ2v) is 9.55. The molecule has 4 rings (SSSR count). The van der Waals surface area contributed by atoms with Gasteiger partial charge in [-0.05, 0) is 65.0 Å². The number of ether oxygens (including phenoxy) is 4. The number of piperidine rings is 1. The predicted octanol–water partition coefficient (Wildman–Crippen LogP) is 4.56. The van der Waals surface area contributed by atoms with Gasteiger partial charge in [0, 0.05) is 31.8 Å². The average Bonchev–Trinajstić information content (AvgIpc) is 3.18. The minimum Gasteiger partial charge on any atom is -0.491 e. The highest BCUT2D eigenvalue weighted by Crippen LogP contribution is 2.25. The van der Waals surface area contributed by atoms with Gasteiger partial charge in [-0.2, -0.15) is 4.98 Å². The van der Waals surface area contributed by atoms with Gasteiger partial charge in [0.05, 0.1) is 6.61 Å². The van der Waals surface area contributed by atoms with E-state index in [-0.39, 0.29) is 18.4 Å². The van der Waals surface area contributed by atoms with Crippen LogP contribution in [0.5, 0.6) is 5.75 Å². The van der Waals surface area contributed by atoms with Crippen LogP contribution in [-0.4, -0.2) is 66.8 Å². The van der Waals surface area contributed by atoms with E-state index in [0.717, 1.165) is 50.0 Å². The zero-order valence-corrected chi connectivity index (χ0v) is 19.8. The molecule has 9 nitrogen and oxygen atoms in total. The number of rotatable bonds is 7. The fraction of sp³-hybridized carbons (Fsp3) is 0.667. The Balaban J connectivity index is 1.23. The molecule has 2 aliphatic rings. The van der Waals surface area contributed by atoms with Crippen LogP contribution in [0, 0.1) is 0 Å². The second kappa shape index (κ2) is 10.6. The lowest BCUT2D eigenvalue weighted by atomic mass is 10.1. The van der Waals surface area contributed by atoms with Gasteiger partial charge in [-0.25, -0.2) is 4.79 Å². The lowest BCUT2D eigenvalue weighted by molar-refractivity contribution is -0.165. The Labute approximate surface area is 194 Å². The average molecular weight is 462 g/mol. The standard InChI is InChI=1S/C24H35N3O6/c1-24(2,3)33-23(28)27-11-9-17(10-12-27)25-22-26-19-16-18(7-8-20(19)32-22)29-14-15-31-21-6-4-5-13-30-21/h7-8,16-17,21H,4-6,9-15H2,1-3H3,(H,25,26). The Kier molecular flexibility index (Phi) is 7.60. The number of amides is 1. The maximum absolute atomic E-state index is 12.2. The zero-order chi connectivity index (χ0) is 23.3. The van der Waals surface area contributed by atoms with Crippen LogP contribution in [0.3, 0.4) is 0 Å². The molecular formula is C24H35N3O6. The predicted molar refractivity (Wildman–Crippen MR) is 123 cm³/mol. The van der Waals surface area contributed by atoms with Gasteiger partial charge >= 0.3 is 6.09 Å². The van der Waals surface area contributed by atoms with Crippen molar-refractivity contribution in [1.82, 2.24) is 9.88 Å². The van der Waals surface area contributed by atoms with E-state index in [1.165, 1.54) is 0 Å². The smallest absolute Gasteiger partial charge is 0.410 e. The Morgan fingerprint density at radius 1 is 1.18 bits per heavy atom. The SMILES string of the molecule is CC(C)(C)OC(=O)N1CCC(Nc2nc3cc(OCCOC4CCCCO4)ccc3o2)CC1. The molecule has 1 aromatic heterocycles. The van der Waals surface area contributed by atoms with E-state index < -0.39 is 5.60 Å². The number of carbonyl (C=O) groups excluding carboxylic acids is 1. The summed E-state index contributed by atoms with van der Waals surface area (Å²) in [6.45, 7) is 8.61. The third-order valence-electron chi connectivity index (χ3n) is 5.63. The molecule has 0 spiro atoms. The molecular weight excluding hydrogens is 426 g/mol. The quantitative estimate of drug-likeness (QED) is 0.600. The van der Waals surface area contributed by atoms with Gasteiger partial charge < -0.3 is 33.6 Å². The molecule has 0 bridgehead atoms. The van der Waals surface area contributed by atoms with Gasteiger partial charge in [0.2, 0.25) is 0 Å². The molecule has 33 heavy (non-hydrogen) atoms. The second-order valence-electron chi connectivity index (χ2n) is 9.55. The summed E-state index contributed by atoms with van der Waals surface area (Å²) in [7, 11) is 0. The first-order valence-electron chi connectivity index (χ1n) is 11.9. The third-order valence-corrected chi connectivity index (χ3v) is 5.63. The maximum Gasteiger partial charge on any atom is 0.410 e. The van der Waals surface area contributed by atoms with Crippen molar-refractivity contribution in [2.45, 2.75) is 70.8 Å². The number of anilines is 1. The maximum atomic E-state index is 12.2. The first-order valence-corrected chi connectivity index (χ1v) is 11.9. The molecule has 2 fully saturated rings. The normalized spacial score (nSPS) is 20.1. The van der Waals surface area contributed by atoms with Gasteiger partial charge in [0.25, 0.3) is 6.01 Å². The summed E-state index contributed by atoms with van der Waals surface area (Å²) < 4.78 is 28.4. The van der Waals surface area contributed by atoms with Crippen LogP contribution in [0.25, 0.3) is 11.1 Å². The van der Waals surface area contributed by atoms with E-state index in [2.05, 4.69) is 10.3 Å². The summed E-state index contributed by atoms with van der Waals surface area (Å²) >= 11 is 0. The van der Waals surface area contributed by atoms with Crippen LogP contribution in [-0.2, 0) is 14.2 Å². The Morgan fingerprint density at radius 2 is 2.00 bits per heavy atom. The topological polar surface area (TPSA) is 95.3 Å². The van der Waals surface area contributed by atoms with Crippen molar-refractivity contribution in [2.75, 3.05) is 38.2 Å². The number of nitrogens with one attached hydrogen (secondary N) is 1. The molecule has 1 unspecified atom stereocenters. The molecule has 2 aliphatic heterocycles. The monoisotopic (exact) mass is 461 g/mol. The highest BCUT2D eigenvalue weighted by molar-refractivity contribution is 5.76. The zero-order valence-electron chi connectivity index (χ0n) is 19.8. The first kappa shape index (κ1) is 23.6. The fourth-order valence-electron chi connectivity index (χ4n) is 3.95. The van der Waals surface area contributed by atoms with E-state index in [0.29, 0.717) is 37.9 Å². The summed E-state index contributed by atoms with van der Waals surface area (Å²) in [4.78, 5) is 18.5. The van der Waals surface area contributed by atoms with Gasteiger partial charge in [0.15, 0.2) is 11.9 Å². The number of nitrogens with zero attached hydrogens (tertiary/aromatic N) is 2. The fourth-order valence-corrected chi connectivity index (χ4v) is 3.95. The summed E-state index contributed by atoms with van der Waals surface area (Å²) in [6.07, 6.45) is 4.44. The summed E-state index contributed by atoms with van der Waals surface area (Å²) in [5, 5.41) is 3.35. The number of benzene rings is 1. The Hall–Kier alpha value is -2.52. The lowest BCUT2D eigenvalue weighted by Crippen LogP contribution is -2.44. The molecule has 2 saturated heterocycles. The van der Waals surface area contributed by atoms with Crippen LogP contribution < -0.4 is 10.1 Å². The van der Waals surface area contributed by atoms with Crippen molar-refractivity contribution in [3.8, 4) is 5.75 Å². The molecule has 1 N–H and O–H groups in total. The van der Waals surface area contributed by atoms with Gasteiger partial charge in [-0.3, -0.25) is 0 Å². The van der Waals surface area contributed by atoms with Crippen LogP contribution in [0.2, 0.25) is 0 Å². The van der Waals surface area contributed by atoms with Gasteiger partial charge in [0.1, 0.15) is 23.5 Å². The summed E-state index contributed by atoms with van der Waals surface area (Å²) in [6, 6.07) is 6.27. The summed E-state index contributed by atoms with van der Waals surface area (Å²) in [5.41, 5.74) is 0.949. The molecule has 0 aliphatic carbocycles. The lowest BCUT2D eigenvalue weighted by Gasteiger charge is -2.33. The number of likely N-dealkylation sites (tertiary alicyclic amines) is 1. The molecule has 0 saturated carbocycles. The van der Waals surface area contributed by atoms with Crippen molar-refractivity contribution in [2.24, 2.45) is 0 Å². The number of fused-ring (bicyclic) bond motifs is 1. The third kappa shape index (κ3) is 6.98. The molecule has 0 radical (unpaired) electrons. The number of hydrogen-bond acceptors (Lipinski definition) is 8. The van der Waals surface area contributed by atoms with E-state index >= 15 is 0 Å². The molecule has 182 valence electrons. The van der Waals surface area contributed by atoms with E-state index in [1.807, 2.05) is 39.0 Å². The number of carbonyl (C=O) groups is 1. The van der Waals surface area contributed by atoms with Gasteiger partial charge in [-0.15, -0.1) is 0 Å². The molecule has 1 amide bonds. The summed E-state index contributed by atoms with van der Waals surface area (Å²) in [5.74, 6) is 0.723. The van der Waals surface area contributed by atoms with Crippen molar-refractivity contribution < 1.29 is 28.2 Å². The van der Waals surface area contributed by atoms with E-state index in [9.17, 15) is 4.79 Å². The van der Waals surface area contributed by atoms with Crippen LogP contribution >= 0.6 is 0 Å². The minimum atomic E-state index is -0.482. The number of aromatic nitrogens is 1. The number of hydrogen-bond donors (Lipinski definition) is 1. The van der Waals surface area contributed by atoms with E-state index in [4.69, 9.17) is 23.4 Å². The van der Waals surface area contributed by atoms with Crippen LogP contribution in [0.4, 0.5) is 10.8 Å². The van der Waals surface area contributed by atoms with Gasteiger partial charge in [-0.1, -0.05) is 0 Å². The Bertz CT molecular complexity index is 911. The van der Waals surface area contributed by atoms with Crippen LogP contribution in [0.1, 0.15) is 52.9 Å².